The van der Waals surface area contributed by atoms with E-state index >= 15 is 0 Å². The zero-order chi connectivity index (χ0) is 18.9. The Kier molecular flexibility index (Phi) is 8.18. The first-order chi connectivity index (χ1) is 12.5. The van der Waals surface area contributed by atoms with Crippen molar-refractivity contribution in [2.45, 2.75) is 31.5 Å². The van der Waals surface area contributed by atoms with Gasteiger partial charge in [-0.25, -0.2) is 0 Å². The smallest absolute Gasteiger partial charge is 0.305 e. The van der Waals surface area contributed by atoms with Crippen LogP contribution in [-0.4, -0.2) is 31.4 Å². The van der Waals surface area contributed by atoms with Gasteiger partial charge in [0.05, 0.1) is 17.8 Å². The number of rotatable bonds is 9. The molecular formula is C20H23IO5. The Morgan fingerprint density at radius 2 is 1.81 bits per heavy atom. The van der Waals surface area contributed by atoms with Crippen molar-refractivity contribution in [3.05, 3.63) is 57.7 Å². The molecule has 26 heavy (non-hydrogen) atoms. The molecule has 0 aromatic heterocycles. The van der Waals surface area contributed by atoms with Crippen LogP contribution in [0.1, 0.15) is 30.9 Å². The Morgan fingerprint density at radius 1 is 1.12 bits per heavy atom. The molecule has 0 aliphatic heterocycles. The van der Waals surface area contributed by atoms with Gasteiger partial charge in [0.15, 0.2) is 0 Å². The number of carbonyl (C=O) groups excluding carboxylic acids is 1. The lowest BCUT2D eigenvalue weighted by Gasteiger charge is -2.25. The van der Waals surface area contributed by atoms with Crippen LogP contribution in [-0.2, 0) is 9.53 Å². The molecule has 2 rings (SSSR count). The number of benzene rings is 2. The summed E-state index contributed by atoms with van der Waals surface area (Å²) in [5.41, 5.74) is 0.736. The summed E-state index contributed by atoms with van der Waals surface area (Å²) in [5.74, 6) is 1.17. The third kappa shape index (κ3) is 5.88. The Bertz CT molecular complexity index is 702. The Morgan fingerprint density at radius 3 is 2.42 bits per heavy atom. The van der Waals surface area contributed by atoms with Gasteiger partial charge in [0, 0.05) is 6.42 Å². The van der Waals surface area contributed by atoms with Crippen molar-refractivity contribution in [2.24, 2.45) is 0 Å². The van der Waals surface area contributed by atoms with Crippen LogP contribution >= 0.6 is 22.6 Å². The maximum atomic E-state index is 11.4. The van der Waals surface area contributed by atoms with Crippen molar-refractivity contribution < 1.29 is 24.1 Å². The lowest BCUT2D eigenvalue weighted by Crippen LogP contribution is -2.26. The summed E-state index contributed by atoms with van der Waals surface area (Å²) < 4.78 is 16.9. The summed E-state index contributed by atoms with van der Waals surface area (Å²) in [4.78, 5) is 11.4. The minimum absolute atomic E-state index is 0.267. The van der Waals surface area contributed by atoms with Gasteiger partial charge in [-0.15, -0.1) is 0 Å². The number of ether oxygens (including phenoxy) is 3. The molecule has 0 radical (unpaired) electrons. The lowest BCUT2D eigenvalue weighted by atomic mass is 9.99. The van der Waals surface area contributed by atoms with E-state index in [0.717, 1.165) is 14.9 Å². The van der Waals surface area contributed by atoms with Crippen molar-refractivity contribution >= 4 is 28.6 Å². The van der Waals surface area contributed by atoms with Crippen molar-refractivity contribution in [3.63, 3.8) is 0 Å². The van der Waals surface area contributed by atoms with E-state index < -0.39 is 12.2 Å². The second-order valence-corrected chi connectivity index (χ2v) is 6.94. The largest absolute Gasteiger partial charge is 0.497 e. The lowest BCUT2D eigenvalue weighted by molar-refractivity contribution is -0.140. The Balaban J connectivity index is 2.14. The maximum Gasteiger partial charge on any atom is 0.305 e. The van der Waals surface area contributed by atoms with E-state index in [9.17, 15) is 9.90 Å². The minimum atomic E-state index is -0.824. The fourth-order valence-corrected chi connectivity index (χ4v) is 3.06. The van der Waals surface area contributed by atoms with Crippen LogP contribution in [0.2, 0.25) is 0 Å². The summed E-state index contributed by atoms with van der Waals surface area (Å²) in [6.07, 6.45) is 0.0669. The molecule has 0 spiro atoms. The van der Waals surface area contributed by atoms with Gasteiger partial charge in [-0.1, -0.05) is 24.3 Å². The van der Waals surface area contributed by atoms with E-state index in [0.29, 0.717) is 18.6 Å². The third-order valence-corrected chi connectivity index (χ3v) is 4.91. The molecule has 5 nitrogen and oxygen atoms in total. The standard InChI is InChI=1S/C20H23IO5/c1-24-15-12-10-14(11-13-15)20(23)18(8-5-9-19(22)25-2)26-17-7-4-3-6-16(17)21/h3-4,6-7,10-13,18,20,23H,5,8-9H2,1-2H3. The average Bonchev–Trinajstić information content (AvgIpc) is 2.68. The number of hydrogen-bond acceptors (Lipinski definition) is 5. The highest BCUT2D eigenvalue weighted by atomic mass is 127. The third-order valence-electron chi connectivity index (χ3n) is 4.02. The van der Waals surface area contributed by atoms with Crippen LogP contribution in [0.15, 0.2) is 48.5 Å². The number of methoxy groups -OCH3 is 2. The Hall–Kier alpha value is -1.80. The van der Waals surface area contributed by atoms with Gasteiger partial charge in [-0.2, -0.15) is 0 Å². The highest BCUT2D eigenvalue weighted by Gasteiger charge is 2.24. The first kappa shape index (κ1) is 20.5. The second-order valence-electron chi connectivity index (χ2n) is 5.77. The fraction of sp³-hybridized carbons (Fsp3) is 0.350. The summed E-state index contributed by atoms with van der Waals surface area (Å²) in [7, 11) is 2.97. The molecule has 2 aromatic rings. The van der Waals surface area contributed by atoms with E-state index in [1.165, 1.54) is 7.11 Å². The molecule has 2 unspecified atom stereocenters. The van der Waals surface area contributed by atoms with Crippen molar-refractivity contribution in [3.8, 4) is 11.5 Å². The monoisotopic (exact) mass is 470 g/mol. The highest BCUT2D eigenvalue weighted by molar-refractivity contribution is 14.1. The van der Waals surface area contributed by atoms with Gasteiger partial charge in [-0.3, -0.25) is 4.79 Å². The van der Waals surface area contributed by atoms with Crippen LogP contribution < -0.4 is 9.47 Å². The van der Waals surface area contributed by atoms with Gasteiger partial charge in [0.2, 0.25) is 0 Å². The number of halogens is 1. The molecule has 1 N–H and O–H groups in total. The maximum absolute atomic E-state index is 11.4. The summed E-state index contributed by atoms with van der Waals surface area (Å²) in [6.45, 7) is 0. The van der Waals surface area contributed by atoms with Crippen LogP contribution in [0.25, 0.3) is 0 Å². The number of carbonyl (C=O) groups is 1. The van der Waals surface area contributed by atoms with Gasteiger partial charge in [0.25, 0.3) is 0 Å². The van der Waals surface area contributed by atoms with E-state index in [4.69, 9.17) is 9.47 Å². The van der Waals surface area contributed by atoms with E-state index in [1.807, 2.05) is 36.4 Å². The zero-order valence-electron chi connectivity index (χ0n) is 14.9. The second kappa shape index (κ2) is 10.4. The van der Waals surface area contributed by atoms with Crippen LogP contribution in [0.4, 0.5) is 0 Å². The number of aliphatic hydroxyl groups is 1. The molecule has 0 aliphatic carbocycles. The van der Waals surface area contributed by atoms with Crippen LogP contribution in [0, 0.1) is 3.57 Å². The first-order valence-electron chi connectivity index (χ1n) is 8.35. The summed E-state index contributed by atoms with van der Waals surface area (Å²) >= 11 is 2.20. The molecule has 0 bridgehead atoms. The molecule has 2 atom stereocenters. The number of esters is 1. The molecule has 6 heteroatoms. The SMILES string of the molecule is COC(=O)CCCC(Oc1ccccc1I)C(O)c1ccc(OC)cc1. The van der Waals surface area contributed by atoms with Gasteiger partial charge in [-0.05, 0) is 65.3 Å². The zero-order valence-corrected chi connectivity index (χ0v) is 17.0. The molecule has 140 valence electrons. The summed E-state index contributed by atoms with van der Waals surface area (Å²) in [5, 5.41) is 10.8. The summed E-state index contributed by atoms with van der Waals surface area (Å²) in [6, 6.07) is 14.9. The van der Waals surface area contributed by atoms with Gasteiger partial charge in [0.1, 0.15) is 23.7 Å². The molecule has 0 aliphatic rings. The number of para-hydroxylation sites is 1. The molecule has 0 amide bonds. The van der Waals surface area contributed by atoms with Crippen LogP contribution in [0.5, 0.6) is 11.5 Å². The van der Waals surface area contributed by atoms with Crippen molar-refractivity contribution in [1.29, 1.82) is 0 Å². The van der Waals surface area contributed by atoms with Gasteiger partial charge >= 0.3 is 5.97 Å². The van der Waals surface area contributed by atoms with E-state index in [2.05, 4.69) is 27.3 Å². The topological polar surface area (TPSA) is 65.0 Å². The van der Waals surface area contributed by atoms with E-state index in [-0.39, 0.29) is 12.4 Å². The highest BCUT2D eigenvalue weighted by Crippen LogP contribution is 2.29. The predicted octanol–water partition coefficient (Wildman–Crippen LogP) is 4.12. The Labute approximate surface area is 167 Å². The minimum Gasteiger partial charge on any atom is -0.497 e. The fourth-order valence-electron chi connectivity index (χ4n) is 2.55. The van der Waals surface area contributed by atoms with Crippen molar-refractivity contribution in [2.75, 3.05) is 14.2 Å². The molecular weight excluding hydrogens is 447 g/mol. The number of aliphatic hydroxyl groups excluding tert-OH is 1. The first-order valence-corrected chi connectivity index (χ1v) is 9.43. The molecule has 0 heterocycles. The van der Waals surface area contributed by atoms with Crippen molar-refractivity contribution in [1.82, 2.24) is 0 Å². The predicted molar refractivity (Wildman–Crippen MR) is 107 cm³/mol. The van der Waals surface area contributed by atoms with Gasteiger partial charge < -0.3 is 19.3 Å². The quantitative estimate of drug-likeness (QED) is 0.441. The van der Waals surface area contributed by atoms with E-state index in [1.54, 1.807) is 19.2 Å². The average molecular weight is 470 g/mol. The number of hydrogen-bond donors (Lipinski definition) is 1. The molecule has 0 saturated heterocycles. The molecule has 0 saturated carbocycles. The normalized spacial score (nSPS) is 12.9. The molecule has 0 fully saturated rings. The molecule has 2 aromatic carbocycles. The van der Waals surface area contributed by atoms with Crippen LogP contribution in [0.3, 0.4) is 0 Å².